The lowest BCUT2D eigenvalue weighted by Crippen LogP contribution is -2.51. The van der Waals surface area contributed by atoms with Crippen molar-refractivity contribution in [2.45, 2.75) is 29.9 Å². The first-order chi connectivity index (χ1) is 14.0. The summed E-state index contributed by atoms with van der Waals surface area (Å²) >= 11 is 1.28. The van der Waals surface area contributed by atoms with E-state index in [9.17, 15) is 14.4 Å². The SMILES string of the molecule is Cc1ccccc1NC(=O)CN1C(=O)[C@H](C(=O)N2CCCC2)Sc2ccccc21. The summed E-state index contributed by atoms with van der Waals surface area (Å²) in [6.07, 6.45) is 1.94. The highest BCUT2D eigenvalue weighted by atomic mass is 32.2. The van der Waals surface area contributed by atoms with Gasteiger partial charge in [0.1, 0.15) is 6.54 Å². The van der Waals surface area contributed by atoms with Crippen molar-refractivity contribution in [3.63, 3.8) is 0 Å². The van der Waals surface area contributed by atoms with Gasteiger partial charge in [-0.1, -0.05) is 30.3 Å². The number of nitrogens with zero attached hydrogens (tertiary/aromatic N) is 2. The molecule has 7 heteroatoms. The molecule has 2 aliphatic rings. The molecular formula is C22H23N3O3S. The Labute approximate surface area is 174 Å². The molecule has 0 aliphatic carbocycles. The third kappa shape index (κ3) is 4.00. The van der Waals surface area contributed by atoms with E-state index in [-0.39, 0.29) is 24.3 Å². The molecule has 4 rings (SSSR count). The molecule has 2 aliphatic heterocycles. The maximum Gasteiger partial charge on any atom is 0.250 e. The Hall–Kier alpha value is -2.80. The number of rotatable bonds is 4. The summed E-state index contributed by atoms with van der Waals surface area (Å²) in [7, 11) is 0. The van der Waals surface area contributed by atoms with E-state index < -0.39 is 5.25 Å². The third-order valence-corrected chi connectivity index (χ3v) is 6.49. The number of hydrogen-bond acceptors (Lipinski definition) is 4. The molecule has 1 saturated heterocycles. The van der Waals surface area contributed by atoms with E-state index in [1.54, 1.807) is 4.90 Å². The second-order valence-corrected chi connectivity index (χ2v) is 8.43. The van der Waals surface area contributed by atoms with Crippen molar-refractivity contribution in [3.8, 4) is 0 Å². The molecule has 1 atom stereocenters. The normalized spacial score (nSPS) is 18.5. The van der Waals surface area contributed by atoms with Crippen LogP contribution < -0.4 is 10.2 Å². The van der Waals surface area contributed by atoms with Gasteiger partial charge in [0, 0.05) is 23.7 Å². The highest BCUT2D eigenvalue weighted by molar-refractivity contribution is 8.01. The predicted molar refractivity (Wildman–Crippen MR) is 114 cm³/mol. The van der Waals surface area contributed by atoms with Gasteiger partial charge in [-0.15, -0.1) is 11.8 Å². The summed E-state index contributed by atoms with van der Waals surface area (Å²) in [5, 5.41) is 2.03. The van der Waals surface area contributed by atoms with E-state index in [4.69, 9.17) is 0 Å². The zero-order valence-corrected chi connectivity index (χ0v) is 17.1. The first-order valence-electron chi connectivity index (χ1n) is 9.76. The number of anilines is 2. The Morgan fingerprint density at radius 3 is 2.52 bits per heavy atom. The van der Waals surface area contributed by atoms with Gasteiger partial charge in [0.2, 0.25) is 11.8 Å². The molecule has 0 saturated carbocycles. The lowest BCUT2D eigenvalue weighted by atomic mass is 10.2. The fraction of sp³-hybridized carbons (Fsp3) is 0.318. The number of carbonyl (C=O) groups is 3. The van der Waals surface area contributed by atoms with Crippen molar-refractivity contribution >= 4 is 40.9 Å². The Kier molecular flexibility index (Phi) is 5.58. The number of amides is 3. The van der Waals surface area contributed by atoms with Crippen LogP contribution in [0.3, 0.4) is 0 Å². The Bertz CT molecular complexity index is 956. The van der Waals surface area contributed by atoms with Crippen LogP contribution in [-0.2, 0) is 14.4 Å². The quantitative estimate of drug-likeness (QED) is 0.788. The minimum Gasteiger partial charge on any atom is -0.341 e. The molecule has 2 aromatic carbocycles. The van der Waals surface area contributed by atoms with Crippen molar-refractivity contribution in [2.75, 3.05) is 29.9 Å². The first-order valence-corrected chi connectivity index (χ1v) is 10.6. The van der Waals surface area contributed by atoms with E-state index >= 15 is 0 Å². The molecule has 0 bridgehead atoms. The van der Waals surface area contributed by atoms with Crippen LogP contribution in [0.15, 0.2) is 53.4 Å². The third-order valence-electron chi connectivity index (χ3n) is 5.25. The molecule has 1 fully saturated rings. The van der Waals surface area contributed by atoms with Crippen LogP contribution in [-0.4, -0.2) is 47.5 Å². The average Bonchev–Trinajstić information content (AvgIpc) is 3.26. The number of aryl methyl sites for hydroxylation is 1. The van der Waals surface area contributed by atoms with Crippen molar-refractivity contribution in [1.82, 2.24) is 4.90 Å². The maximum absolute atomic E-state index is 13.2. The van der Waals surface area contributed by atoms with Crippen molar-refractivity contribution in [3.05, 3.63) is 54.1 Å². The van der Waals surface area contributed by atoms with Crippen molar-refractivity contribution in [1.29, 1.82) is 0 Å². The van der Waals surface area contributed by atoms with Gasteiger partial charge >= 0.3 is 0 Å². The van der Waals surface area contributed by atoms with Gasteiger partial charge in [0.25, 0.3) is 5.91 Å². The molecule has 3 amide bonds. The lowest BCUT2D eigenvalue weighted by Gasteiger charge is -2.34. The highest BCUT2D eigenvalue weighted by Crippen LogP contribution is 2.40. The van der Waals surface area contributed by atoms with Gasteiger partial charge in [-0.05, 0) is 43.5 Å². The summed E-state index contributed by atoms with van der Waals surface area (Å²) in [5.74, 6) is -0.774. The zero-order valence-electron chi connectivity index (χ0n) is 16.3. The van der Waals surface area contributed by atoms with Gasteiger partial charge in [-0.25, -0.2) is 0 Å². The lowest BCUT2D eigenvalue weighted by molar-refractivity contribution is -0.134. The van der Waals surface area contributed by atoms with Gasteiger partial charge in [-0.2, -0.15) is 0 Å². The molecule has 1 N–H and O–H groups in total. The standard InChI is InChI=1S/C22H23N3O3S/c1-15-8-2-3-9-16(15)23-19(26)14-25-17-10-4-5-11-18(17)29-20(22(25)28)21(27)24-12-6-7-13-24/h2-5,8-11,20H,6-7,12-14H2,1H3,(H,23,26)/t20-/m0/s1. The fourth-order valence-electron chi connectivity index (χ4n) is 3.69. The van der Waals surface area contributed by atoms with E-state index in [1.807, 2.05) is 55.5 Å². The molecule has 0 unspecified atom stereocenters. The molecule has 0 spiro atoms. The molecule has 6 nitrogen and oxygen atoms in total. The minimum absolute atomic E-state index is 0.130. The van der Waals surface area contributed by atoms with E-state index in [2.05, 4.69) is 5.32 Å². The molecule has 0 radical (unpaired) electrons. The number of carbonyl (C=O) groups excluding carboxylic acids is 3. The van der Waals surface area contributed by atoms with Gasteiger partial charge in [-0.3, -0.25) is 14.4 Å². The molecule has 2 aromatic rings. The van der Waals surface area contributed by atoms with Crippen LogP contribution in [0.5, 0.6) is 0 Å². The minimum atomic E-state index is -0.839. The van der Waals surface area contributed by atoms with E-state index in [0.29, 0.717) is 24.5 Å². The molecule has 2 heterocycles. The number of thioether (sulfide) groups is 1. The van der Waals surface area contributed by atoms with E-state index in [0.717, 1.165) is 23.3 Å². The van der Waals surface area contributed by atoms with Gasteiger partial charge in [0.05, 0.1) is 5.69 Å². The zero-order chi connectivity index (χ0) is 20.4. The van der Waals surface area contributed by atoms with Gasteiger partial charge < -0.3 is 15.1 Å². The number of fused-ring (bicyclic) bond motifs is 1. The molecule has 29 heavy (non-hydrogen) atoms. The van der Waals surface area contributed by atoms with Crippen LogP contribution in [0.2, 0.25) is 0 Å². The van der Waals surface area contributed by atoms with Crippen molar-refractivity contribution < 1.29 is 14.4 Å². The summed E-state index contributed by atoms with van der Waals surface area (Å²) in [6, 6.07) is 14.9. The average molecular weight is 410 g/mol. The summed E-state index contributed by atoms with van der Waals surface area (Å²) in [5.41, 5.74) is 2.34. The number of benzene rings is 2. The van der Waals surface area contributed by atoms with Crippen molar-refractivity contribution in [2.24, 2.45) is 0 Å². The highest BCUT2D eigenvalue weighted by Gasteiger charge is 2.41. The maximum atomic E-state index is 13.2. The first kappa shape index (κ1) is 19.5. The largest absolute Gasteiger partial charge is 0.341 e. The number of hydrogen-bond donors (Lipinski definition) is 1. The number of likely N-dealkylation sites (tertiary alicyclic amines) is 1. The van der Waals surface area contributed by atoms with Crippen LogP contribution >= 0.6 is 11.8 Å². The molecule has 0 aromatic heterocycles. The Balaban J connectivity index is 1.57. The Morgan fingerprint density at radius 2 is 1.76 bits per heavy atom. The number of nitrogens with one attached hydrogen (secondary N) is 1. The van der Waals surface area contributed by atoms with Crippen LogP contribution in [0, 0.1) is 6.92 Å². The second-order valence-electron chi connectivity index (χ2n) is 7.29. The second kappa shape index (κ2) is 8.29. The molecule has 150 valence electrons. The predicted octanol–water partition coefficient (Wildman–Crippen LogP) is 3.06. The summed E-state index contributed by atoms with van der Waals surface area (Å²) in [6.45, 7) is 3.17. The Morgan fingerprint density at radius 1 is 1.07 bits per heavy atom. The summed E-state index contributed by atoms with van der Waals surface area (Å²) in [4.78, 5) is 42.9. The van der Waals surface area contributed by atoms with Gasteiger partial charge in [0.15, 0.2) is 5.25 Å². The van der Waals surface area contributed by atoms with Crippen LogP contribution in [0.4, 0.5) is 11.4 Å². The van der Waals surface area contributed by atoms with Crippen LogP contribution in [0.25, 0.3) is 0 Å². The summed E-state index contributed by atoms with van der Waals surface area (Å²) < 4.78 is 0. The topological polar surface area (TPSA) is 69.7 Å². The fourth-order valence-corrected chi connectivity index (χ4v) is 4.87. The van der Waals surface area contributed by atoms with E-state index in [1.165, 1.54) is 16.7 Å². The smallest absolute Gasteiger partial charge is 0.250 e. The monoisotopic (exact) mass is 409 g/mol. The van der Waals surface area contributed by atoms with Crippen LogP contribution in [0.1, 0.15) is 18.4 Å². The number of para-hydroxylation sites is 2. The molecular weight excluding hydrogens is 386 g/mol.